The SMILES string of the molecule is [N-]=[N+]=NC(=O)C1CCCC2(C1)CN(P)C2. The van der Waals surface area contributed by atoms with E-state index < -0.39 is 0 Å². The lowest BCUT2D eigenvalue weighted by Crippen LogP contribution is -2.54. The quantitative estimate of drug-likeness (QED) is 0.297. The highest BCUT2D eigenvalue weighted by molar-refractivity contribution is 7.13. The van der Waals surface area contributed by atoms with Crippen molar-refractivity contribution in [2.45, 2.75) is 25.7 Å². The van der Waals surface area contributed by atoms with Crippen LogP contribution in [0, 0.1) is 11.3 Å². The number of hydrogen-bond donors (Lipinski definition) is 0. The van der Waals surface area contributed by atoms with E-state index in [0.29, 0.717) is 5.41 Å². The van der Waals surface area contributed by atoms with Crippen LogP contribution in [0.25, 0.3) is 10.4 Å². The van der Waals surface area contributed by atoms with Crippen LogP contribution in [0.5, 0.6) is 0 Å². The molecule has 0 N–H and O–H groups in total. The van der Waals surface area contributed by atoms with Crippen molar-refractivity contribution in [1.82, 2.24) is 4.67 Å². The molecule has 1 saturated carbocycles. The van der Waals surface area contributed by atoms with Gasteiger partial charge < -0.3 is 0 Å². The first-order valence-corrected chi connectivity index (χ1v) is 5.75. The lowest BCUT2D eigenvalue weighted by Gasteiger charge is -2.52. The van der Waals surface area contributed by atoms with E-state index in [-0.39, 0.29) is 11.8 Å². The topological polar surface area (TPSA) is 69.1 Å². The third-order valence-corrected chi connectivity index (χ3v) is 3.87. The molecular weight excluding hydrogens is 211 g/mol. The summed E-state index contributed by atoms with van der Waals surface area (Å²) in [5.41, 5.74) is 8.56. The monoisotopic (exact) mass is 226 g/mol. The van der Waals surface area contributed by atoms with Gasteiger partial charge in [-0.1, -0.05) is 15.8 Å². The van der Waals surface area contributed by atoms with Crippen molar-refractivity contribution >= 4 is 15.3 Å². The smallest absolute Gasteiger partial charge is 0.222 e. The first-order chi connectivity index (χ1) is 7.15. The summed E-state index contributed by atoms with van der Waals surface area (Å²) in [5.74, 6) is -0.299. The highest BCUT2D eigenvalue weighted by Crippen LogP contribution is 2.47. The van der Waals surface area contributed by atoms with Gasteiger partial charge in [-0.15, -0.1) is 0 Å². The predicted molar refractivity (Wildman–Crippen MR) is 59.8 cm³/mol. The Morgan fingerprint density at radius 3 is 2.93 bits per heavy atom. The molecule has 0 aromatic heterocycles. The molecule has 1 heterocycles. The fraction of sp³-hybridized carbons (Fsp3) is 0.889. The van der Waals surface area contributed by atoms with Crippen LogP contribution in [0.4, 0.5) is 0 Å². The largest absolute Gasteiger partial charge is 0.292 e. The predicted octanol–water partition coefficient (Wildman–Crippen LogP) is 2.11. The molecule has 2 fully saturated rings. The van der Waals surface area contributed by atoms with E-state index >= 15 is 0 Å². The van der Waals surface area contributed by atoms with Gasteiger partial charge in [0.2, 0.25) is 5.91 Å². The van der Waals surface area contributed by atoms with Crippen molar-refractivity contribution in [3.05, 3.63) is 10.4 Å². The molecule has 6 heteroatoms. The Balaban J connectivity index is 1.99. The van der Waals surface area contributed by atoms with Crippen LogP contribution < -0.4 is 0 Å². The molecule has 2 atom stereocenters. The maximum Gasteiger partial charge on any atom is 0.222 e. The zero-order valence-electron chi connectivity index (χ0n) is 8.59. The summed E-state index contributed by atoms with van der Waals surface area (Å²) in [6.45, 7) is 2.11. The van der Waals surface area contributed by atoms with Crippen molar-refractivity contribution in [3.8, 4) is 0 Å². The minimum Gasteiger partial charge on any atom is -0.292 e. The molecule has 1 amide bonds. The van der Waals surface area contributed by atoms with Crippen molar-refractivity contribution < 1.29 is 4.79 Å². The van der Waals surface area contributed by atoms with Crippen LogP contribution in [-0.2, 0) is 4.79 Å². The van der Waals surface area contributed by atoms with E-state index in [1.165, 1.54) is 6.42 Å². The summed E-state index contributed by atoms with van der Waals surface area (Å²) >= 11 is 0. The second kappa shape index (κ2) is 4.09. The highest BCUT2D eigenvalue weighted by atomic mass is 31.0. The summed E-state index contributed by atoms with van der Waals surface area (Å²) in [7, 11) is 2.69. The normalized spacial score (nSPS) is 29.3. The summed E-state index contributed by atoms with van der Waals surface area (Å²) in [6.07, 6.45) is 4.07. The van der Waals surface area contributed by atoms with Crippen LogP contribution in [-0.4, -0.2) is 23.7 Å². The van der Waals surface area contributed by atoms with Gasteiger partial charge in [0.25, 0.3) is 0 Å². The maximum absolute atomic E-state index is 11.5. The molecule has 1 spiro atoms. The van der Waals surface area contributed by atoms with Gasteiger partial charge in [0.1, 0.15) is 0 Å². The van der Waals surface area contributed by atoms with Crippen LogP contribution >= 0.6 is 9.39 Å². The van der Waals surface area contributed by atoms with Gasteiger partial charge in [0.15, 0.2) is 0 Å². The summed E-state index contributed by atoms with van der Waals surface area (Å²) in [6, 6.07) is 0. The summed E-state index contributed by atoms with van der Waals surface area (Å²) in [5, 5.41) is 3.21. The Morgan fingerprint density at radius 2 is 2.33 bits per heavy atom. The average Bonchev–Trinajstić information content (AvgIpc) is 2.16. The molecule has 0 radical (unpaired) electrons. The number of azide groups is 1. The molecule has 1 aliphatic carbocycles. The van der Waals surface area contributed by atoms with E-state index in [4.69, 9.17) is 5.53 Å². The molecule has 2 aliphatic rings. The van der Waals surface area contributed by atoms with Gasteiger partial charge in [-0.3, -0.25) is 9.46 Å². The van der Waals surface area contributed by atoms with Crippen molar-refractivity contribution in [2.24, 2.45) is 16.4 Å². The van der Waals surface area contributed by atoms with Crippen molar-refractivity contribution in [3.63, 3.8) is 0 Å². The van der Waals surface area contributed by atoms with Crippen LogP contribution in [0.1, 0.15) is 25.7 Å². The van der Waals surface area contributed by atoms with Gasteiger partial charge >= 0.3 is 0 Å². The molecule has 1 aliphatic heterocycles. The number of carbonyl (C=O) groups is 1. The fourth-order valence-corrected chi connectivity index (χ4v) is 3.66. The number of amides is 1. The second-order valence-electron chi connectivity index (χ2n) is 4.73. The second-order valence-corrected chi connectivity index (χ2v) is 5.46. The maximum atomic E-state index is 11.5. The first kappa shape index (κ1) is 10.9. The third-order valence-electron chi connectivity index (χ3n) is 3.51. The zero-order valence-corrected chi connectivity index (χ0v) is 9.75. The van der Waals surface area contributed by atoms with Gasteiger partial charge in [-0.2, -0.15) is 0 Å². The molecule has 2 rings (SSSR count). The van der Waals surface area contributed by atoms with Gasteiger partial charge in [-0.25, -0.2) is 0 Å². The van der Waals surface area contributed by atoms with E-state index in [0.717, 1.165) is 32.4 Å². The lowest BCUT2D eigenvalue weighted by molar-refractivity contribution is -0.125. The molecule has 2 unspecified atom stereocenters. The van der Waals surface area contributed by atoms with E-state index in [1.54, 1.807) is 0 Å². The minimum atomic E-state index is -0.265. The zero-order chi connectivity index (χ0) is 10.9. The van der Waals surface area contributed by atoms with Crippen LogP contribution in [0.15, 0.2) is 5.11 Å². The third kappa shape index (κ3) is 2.15. The summed E-state index contributed by atoms with van der Waals surface area (Å²) in [4.78, 5) is 14.0. The highest BCUT2D eigenvalue weighted by Gasteiger charge is 2.45. The number of hydrogen-bond acceptors (Lipinski definition) is 2. The average molecular weight is 226 g/mol. The van der Waals surface area contributed by atoms with Crippen molar-refractivity contribution in [2.75, 3.05) is 13.1 Å². The molecule has 82 valence electrons. The molecule has 1 saturated heterocycles. The molecule has 0 aromatic carbocycles. The number of carbonyl (C=O) groups excluding carboxylic acids is 1. The molecule has 0 bridgehead atoms. The van der Waals surface area contributed by atoms with E-state index in [9.17, 15) is 4.79 Å². The number of nitrogens with zero attached hydrogens (tertiary/aromatic N) is 4. The summed E-state index contributed by atoms with van der Waals surface area (Å²) < 4.78 is 2.19. The van der Waals surface area contributed by atoms with E-state index in [1.807, 2.05) is 0 Å². The first-order valence-electron chi connectivity index (χ1n) is 5.24. The van der Waals surface area contributed by atoms with Gasteiger partial charge in [-0.05, 0) is 35.3 Å². The van der Waals surface area contributed by atoms with Gasteiger partial charge in [0, 0.05) is 23.9 Å². The standard InChI is InChI=1S/C9H15N4OP/c10-12-11-8(14)7-2-1-3-9(4-7)5-13(15)6-9/h7H,1-6,15H2. The molecule has 0 aromatic rings. The molecule has 5 nitrogen and oxygen atoms in total. The van der Waals surface area contributed by atoms with Gasteiger partial charge in [0.05, 0.1) is 0 Å². The Morgan fingerprint density at radius 1 is 1.60 bits per heavy atom. The molecule has 15 heavy (non-hydrogen) atoms. The van der Waals surface area contributed by atoms with Crippen LogP contribution in [0.2, 0.25) is 0 Å². The van der Waals surface area contributed by atoms with Crippen molar-refractivity contribution in [1.29, 1.82) is 0 Å². The fourth-order valence-electron chi connectivity index (χ4n) is 2.89. The Bertz CT molecular complexity index is 315. The lowest BCUT2D eigenvalue weighted by atomic mass is 9.66. The minimum absolute atomic E-state index is 0.0339. The Hall–Kier alpha value is -0.630. The number of rotatable bonds is 1. The van der Waals surface area contributed by atoms with E-state index in [2.05, 4.69) is 24.1 Å². The Labute approximate surface area is 91.1 Å². The van der Waals surface area contributed by atoms with Crippen LogP contribution in [0.3, 0.4) is 0 Å². The Kier molecular flexibility index (Phi) is 2.96. The molecular formula is C9H15N4OP.